The Kier molecular flexibility index (Phi) is 7.09. The molecule has 0 amide bonds. The van der Waals surface area contributed by atoms with Gasteiger partial charge >= 0.3 is 0 Å². The van der Waals surface area contributed by atoms with Crippen LogP contribution >= 0.6 is 23.8 Å². The first-order chi connectivity index (χ1) is 15.1. The summed E-state index contributed by atoms with van der Waals surface area (Å²) in [7, 11) is 1.61. The molecule has 0 unspecified atom stereocenters. The number of nitrogens with zero attached hydrogens (tertiary/aromatic N) is 3. The van der Waals surface area contributed by atoms with Crippen LogP contribution in [0.1, 0.15) is 31.2 Å². The number of aromatic nitrogens is 2. The number of nitrogens with one attached hydrogen (secondary N) is 2. The number of hydrogen-bond acceptors (Lipinski definition) is 6. The molecule has 2 saturated heterocycles. The lowest BCUT2D eigenvalue weighted by molar-refractivity contribution is 0.0515. The van der Waals surface area contributed by atoms with Gasteiger partial charge in [0.15, 0.2) is 5.11 Å². The first-order valence-corrected chi connectivity index (χ1v) is 11.4. The lowest BCUT2D eigenvalue weighted by atomic mass is 9.74. The Labute approximate surface area is 193 Å². The molecule has 2 aliphatic rings. The summed E-state index contributed by atoms with van der Waals surface area (Å²) in [6.45, 7) is 4.09. The van der Waals surface area contributed by atoms with Gasteiger partial charge in [-0.05, 0) is 55.6 Å². The highest BCUT2D eigenvalue weighted by Gasteiger charge is 2.34. The zero-order valence-electron chi connectivity index (χ0n) is 17.7. The van der Waals surface area contributed by atoms with E-state index in [1.54, 1.807) is 7.11 Å². The summed E-state index contributed by atoms with van der Waals surface area (Å²) in [6, 6.07) is 9.93. The maximum absolute atomic E-state index is 6.27. The van der Waals surface area contributed by atoms with Gasteiger partial charge in [-0.25, -0.2) is 0 Å². The van der Waals surface area contributed by atoms with E-state index in [0.717, 1.165) is 36.8 Å². The van der Waals surface area contributed by atoms with Crippen LogP contribution in [-0.4, -0.2) is 55.0 Å². The fraction of sp³-hybridized carbons (Fsp3) is 0.500. The molecule has 0 aliphatic carbocycles. The van der Waals surface area contributed by atoms with E-state index in [2.05, 4.69) is 31.6 Å². The second-order valence-electron chi connectivity index (χ2n) is 8.00. The van der Waals surface area contributed by atoms with E-state index in [0.29, 0.717) is 36.7 Å². The summed E-state index contributed by atoms with van der Waals surface area (Å²) in [5, 5.41) is 7.73. The van der Waals surface area contributed by atoms with Crippen LogP contribution in [0.25, 0.3) is 0 Å². The largest absolute Gasteiger partial charge is 0.481 e. The van der Waals surface area contributed by atoms with Gasteiger partial charge in [0.1, 0.15) is 5.82 Å². The smallest absolute Gasteiger partial charge is 0.234 e. The summed E-state index contributed by atoms with van der Waals surface area (Å²) in [4.78, 5) is 11.3. The number of rotatable bonds is 6. The van der Waals surface area contributed by atoms with Crippen LogP contribution in [-0.2, 0) is 10.2 Å². The maximum Gasteiger partial charge on any atom is 0.234 e. The minimum atomic E-state index is -0.0924. The first-order valence-electron chi connectivity index (χ1n) is 10.6. The molecule has 2 N–H and O–H groups in total. The van der Waals surface area contributed by atoms with E-state index in [9.17, 15) is 0 Å². The van der Waals surface area contributed by atoms with Gasteiger partial charge in [0.25, 0.3) is 0 Å². The monoisotopic (exact) mass is 461 g/mol. The molecule has 4 rings (SSSR count). The second-order valence-corrected chi connectivity index (χ2v) is 8.84. The summed E-state index contributed by atoms with van der Waals surface area (Å²) >= 11 is 11.8. The molecule has 7 nitrogen and oxygen atoms in total. The highest BCUT2D eigenvalue weighted by Crippen LogP contribution is 2.35. The number of ether oxygens (including phenoxy) is 2. The van der Waals surface area contributed by atoms with Crippen LogP contribution in [0.4, 0.5) is 11.8 Å². The molecule has 0 spiro atoms. The van der Waals surface area contributed by atoms with E-state index in [4.69, 9.17) is 33.3 Å². The quantitative estimate of drug-likeness (QED) is 0.630. The van der Waals surface area contributed by atoms with Crippen LogP contribution < -0.4 is 20.3 Å². The second kappa shape index (κ2) is 9.97. The first kappa shape index (κ1) is 22.0. The van der Waals surface area contributed by atoms with Crippen molar-refractivity contribution < 1.29 is 9.47 Å². The van der Waals surface area contributed by atoms with E-state index < -0.39 is 0 Å². The van der Waals surface area contributed by atoms with Crippen LogP contribution in [0, 0.1) is 0 Å². The summed E-state index contributed by atoms with van der Waals surface area (Å²) in [6.07, 6.45) is 4.14. The standard InChI is InChI=1S/C22H28ClN5O2S/c1-29-19-14-18(28-9-2-3-10-28)25-20(26-19)27-21(31)24-15-22(7-11-30-12-8-22)16-5-4-6-17(23)13-16/h4-6,13-14H,2-3,7-12,15H2,1H3,(H2,24,25,26,27,31). The third kappa shape index (κ3) is 5.37. The van der Waals surface area contributed by atoms with Gasteiger partial charge in [-0.15, -0.1) is 0 Å². The molecule has 1 aromatic heterocycles. The topological polar surface area (TPSA) is 71.5 Å². The molecular formula is C22H28ClN5O2S. The number of methoxy groups -OCH3 is 1. The molecule has 31 heavy (non-hydrogen) atoms. The molecule has 166 valence electrons. The van der Waals surface area contributed by atoms with Crippen molar-refractivity contribution in [2.24, 2.45) is 0 Å². The third-order valence-electron chi connectivity index (χ3n) is 6.03. The van der Waals surface area contributed by atoms with Gasteiger partial charge in [0.05, 0.1) is 7.11 Å². The van der Waals surface area contributed by atoms with Crippen LogP contribution in [0.5, 0.6) is 5.88 Å². The third-order valence-corrected chi connectivity index (χ3v) is 6.51. The van der Waals surface area contributed by atoms with Crippen LogP contribution in [0.2, 0.25) is 5.02 Å². The minimum Gasteiger partial charge on any atom is -0.481 e. The molecule has 2 aliphatic heterocycles. The van der Waals surface area contributed by atoms with Gasteiger partial charge in [0, 0.05) is 49.4 Å². The van der Waals surface area contributed by atoms with Crippen molar-refractivity contribution in [2.45, 2.75) is 31.1 Å². The Bertz CT molecular complexity index is 917. The maximum atomic E-state index is 6.27. The van der Waals surface area contributed by atoms with Crippen molar-refractivity contribution >= 4 is 40.7 Å². The van der Waals surface area contributed by atoms with Crippen molar-refractivity contribution in [2.75, 3.05) is 50.2 Å². The number of anilines is 2. The normalized spacial score (nSPS) is 17.9. The molecule has 0 atom stereocenters. The molecule has 9 heteroatoms. The predicted octanol–water partition coefficient (Wildman–Crippen LogP) is 3.77. The molecule has 2 aromatic rings. The fourth-order valence-electron chi connectivity index (χ4n) is 4.22. The summed E-state index contributed by atoms with van der Waals surface area (Å²) < 4.78 is 11.0. The highest BCUT2D eigenvalue weighted by atomic mass is 35.5. The molecule has 3 heterocycles. The number of hydrogen-bond donors (Lipinski definition) is 2. The van der Waals surface area contributed by atoms with Gasteiger partial charge in [-0.2, -0.15) is 9.97 Å². The van der Waals surface area contributed by atoms with E-state index in [1.807, 2.05) is 24.3 Å². The summed E-state index contributed by atoms with van der Waals surface area (Å²) in [5.74, 6) is 1.80. The lowest BCUT2D eigenvalue weighted by Gasteiger charge is -2.38. The Morgan fingerprint density at radius 2 is 2.00 bits per heavy atom. The number of thiocarbonyl (C=S) groups is 1. The van der Waals surface area contributed by atoms with Crippen molar-refractivity contribution in [1.29, 1.82) is 0 Å². The van der Waals surface area contributed by atoms with Gasteiger partial charge in [-0.1, -0.05) is 23.7 Å². The number of benzene rings is 1. The molecule has 0 bridgehead atoms. The van der Waals surface area contributed by atoms with E-state index in [-0.39, 0.29) is 5.41 Å². The van der Waals surface area contributed by atoms with Gasteiger partial charge in [-0.3, -0.25) is 0 Å². The highest BCUT2D eigenvalue weighted by molar-refractivity contribution is 7.80. The van der Waals surface area contributed by atoms with E-state index >= 15 is 0 Å². The van der Waals surface area contributed by atoms with Gasteiger partial charge in [0.2, 0.25) is 11.8 Å². The average molecular weight is 462 g/mol. The van der Waals surface area contributed by atoms with E-state index in [1.165, 1.54) is 18.4 Å². The van der Waals surface area contributed by atoms with Crippen molar-refractivity contribution in [3.8, 4) is 5.88 Å². The molecule has 0 saturated carbocycles. The minimum absolute atomic E-state index is 0.0924. The zero-order valence-corrected chi connectivity index (χ0v) is 19.3. The zero-order chi connectivity index (χ0) is 21.7. The average Bonchev–Trinajstić information content (AvgIpc) is 3.33. The number of halogens is 1. The van der Waals surface area contributed by atoms with Crippen molar-refractivity contribution in [1.82, 2.24) is 15.3 Å². The Morgan fingerprint density at radius 3 is 2.71 bits per heavy atom. The lowest BCUT2D eigenvalue weighted by Crippen LogP contribution is -2.45. The SMILES string of the molecule is COc1cc(N2CCCC2)nc(NC(=S)NCC2(c3cccc(Cl)c3)CCOCC2)n1. The van der Waals surface area contributed by atoms with Crippen LogP contribution in [0.15, 0.2) is 30.3 Å². The molecule has 2 fully saturated rings. The van der Waals surface area contributed by atoms with Gasteiger partial charge < -0.3 is 25.0 Å². The van der Waals surface area contributed by atoms with Crippen molar-refractivity contribution in [3.63, 3.8) is 0 Å². The Hall–Kier alpha value is -2.16. The predicted molar refractivity (Wildman–Crippen MR) is 127 cm³/mol. The fourth-order valence-corrected chi connectivity index (χ4v) is 4.58. The van der Waals surface area contributed by atoms with Crippen LogP contribution in [0.3, 0.4) is 0 Å². The molecule has 0 radical (unpaired) electrons. The van der Waals surface area contributed by atoms with Crippen molar-refractivity contribution in [3.05, 3.63) is 40.9 Å². The Morgan fingerprint density at radius 1 is 1.23 bits per heavy atom. The summed E-state index contributed by atoms with van der Waals surface area (Å²) in [5.41, 5.74) is 1.11. The molecular weight excluding hydrogens is 434 g/mol. The molecule has 1 aromatic carbocycles. The Balaban J connectivity index is 1.46.